The van der Waals surface area contributed by atoms with Crippen LogP contribution in [0.2, 0.25) is 5.15 Å². The van der Waals surface area contributed by atoms with Crippen molar-refractivity contribution in [1.82, 2.24) is 9.97 Å². The fourth-order valence-corrected chi connectivity index (χ4v) is 2.17. The number of carboxylic acid groups (broad SMARTS) is 1. The van der Waals surface area contributed by atoms with E-state index in [4.69, 9.17) is 21.4 Å². The summed E-state index contributed by atoms with van der Waals surface area (Å²) in [6.45, 7) is 1.80. The molecule has 2 N–H and O–H groups in total. The third-order valence-corrected chi connectivity index (χ3v) is 3.11. The van der Waals surface area contributed by atoms with E-state index in [0.29, 0.717) is 28.8 Å². The van der Waals surface area contributed by atoms with Gasteiger partial charge in [-0.2, -0.15) is 0 Å². The molecule has 0 aromatic carbocycles. The molecule has 0 bridgehead atoms. The van der Waals surface area contributed by atoms with Gasteiger partial charge in [0, 0.05) is 5.69 Å². The van der Waals surface area contributed by atoms with Crippen LogP contribution in [-0.4, -0.2) is 33.9 Å². The van der Waals surface area contributed by atoms with Gasteiger partial charge in [0.15, 0.2) is 5.15 Å². The second-order valence-electron chi connectivity index (χ2n) is 3.83. The van der Waals surface area contributed by atoms with E-state index >= 15 is 0 Å². The van der Waals surface area contributed by atoms with Crippen LogP contribution in [0.15, 0.2) is 6.20 Å². The Morgan fingerprint density at radius 2 is 2.21 bits per heavy atom. The van der Waals surface area contributed by atoms with E-state index in [2.05, 4.69) is 9.97 Å². The SMILES string of the molecule is CCc1[nH]c2c(Cl)ncc(OC)c2c1C(=O)C(=O)O. The smallest absolute Gasteiger partial charge is 0.377 e. The Hall–Kier alpha value is -2.08. The molecule has 0 spiro atoms. The third-order valence-electron chi connectivity index (χ3n) is 2.82. The molecule has 0 aliphatic heterocycles. The number of carboxylic acids is 1. The Bertz CT molecular complexity index is 678. The Balaban J connectivity index is 2.90. The van der Waals surface area contributed by atoms with Crippen LogP contribution in [0.4, 0.5) is 0 Å². The minimum absolute atomic E-state index is 0.0751. The minimum Gasteiger partial charge on any atom is -0.494 e. The molecule has 2 rings (SSSR count). The number of Topliss-reactive ketones (excluding diaryl/α,β-unsaturated/α-hetero) is 1. The summed E-state index contributed by atoms with van der Waals surface area (Å²) in [5.74, 6) is -2.21. The van der Waals surface area contributed by atoms with Crippen LogP contribution < -0.4 is 4.74 Å². The van der Waals surface area contributed by atoms with Gasteiger partial charge in [0.05, 0.1) is 29.8 Å². The van der Waals surface area contributed by atoms with Gasteiger partial charge in [0.25, 0.3) is 5.78 Å². The zero-order valence-corrected chi connectivity index (χ0v) is 11.0. The zero-order chi connectivity index (χ0) is 14.2. The van der Waals surface area contributed by atoms with E-state index in [0.717, 1.165) is 0 Å². The van der Waals surface area contributed by atoms with Gasteiger partial charge in [0.1, 0.15) is 5.75 Å². The molecule has 2 aromatic rings. The lowest BCUT2D eigenvalue weighted by Crippen LogP contribution is -2.14. The number of carbonyl (C=O) groups is 2. The molecule has 2 heterocycles. The fourth-order valence-electron chi connectivity index (χ4n) is 1.97. The predicted molar refractivity (Wildman–Crippen MR) is 69.0 cm³/mol. The van der Waals surface area contributed by atoms with Crippen molar-refractivity contribution in [2.24, 2.45) is 0 Å². The van der Waals surface area contributed by atoms with Crippen LogP contribution in [0.25, 0.3) is 10.9 Å². The second kappa shape index (κ2) is 4.89. The van der Waals surface area contributed by atoms with Crippen LogP contribution >= 0.6 is 11.6 Å². The molecule has 0 aliphatic rings. The normalized spacial score (nSPS) is 10.7. The topological polar surface area (TPSA) is 92.3 Å². The summed E-state index contributed by atoms with van der Waals surface area (Å²) in [5.41, 5.74) is 0.976. The maximum atomic E-state index is 11.8. The molecule has 0 saturated carbocycles. The maximum Gasteiger partial charge on any atom is 0.377 e. The largest absolute Gasteiger partial charge is 0.494 e. The Morgan fingerprint density at radius 3 is 2.74 bits per heavy atom. The first-order chi connectivity index (χ1) is 9.01. The highest BCUT2D eigenvalue weighted by molar-refractivity contribution is 6.44. The third kappa shape index (κ3) is 2.04. The fraction of sp³-hybridized carbons (Fsp3) is 0.250. The predicted octanol–water partition coefficient (Wildman–Crippen LogP) is 2.05. The number of pyridine rings is 1. The lowest BCUT2D eigenvalue weighted by molar-refractivity contribution is -0.131. The molecule has 0 unspecified atom stereocenters. The molecule has 0 saturated heterocycles. The van der Waals surface area contributed by atoms with Gasteiger partial charge in [-0.25, -0.2) is 9.78 Å². The maximum absolute atomic E-state index is 11.8. The number of fused-ring (bicyclic) bond motifs is 1. The van der Waals surface area contributed by atoms with Gasteiger partial charge in [-0.15, -0.1) is 0 Å². The van der Waals surface area contributed by atoms with Gasteiger partial charge < -0.3 is 14.8 Å². The molecule has 2 aromatic heterocycles. The highest BCUT2D eigenvalue weighted by Crippen LogP contribution is 2.34. The van der Waals surface area contributed by atoms with E-state index in [9.17, 15) is 9.59 Å². The van der Waals surface area contributed by atoms with Crippen molar-refractivity contribution in [2.45, 2.75) is 13.3 Å². The van der Waals surface area contributed by atoms with Gasteiger partial charge in [-0.1, -0.05) is 18.5 Å². The van der Waals surface area contributed by atoms with E-state index in [1.807, 2.05) is 0 Å². The lowest BCUT2D eigenvalue weighted by Gasteiger charge is -2.04. The van der Waals surface area contributed by atoms with Crippen molar-refractivity contribution in [3.05, 3.63) is 22.6 Å². The van der Waals surface area contributed by atoms with Crippen LogP contribution in [0, 0.1) is 0 Å². The number of aromatic nitrogens is 2. The van der Waals surface area contributed by atoms with E-state index < -0.39 is 11.8 Å². The zero-order valence-electron chi connectivity index (χ0n) is 10.3. The number of carbonyl (C=O) groups excluding carboxylic acids is 1. The molecule has 0 fully saturated rings. The van der Waals surface area contributed by atoms with E-state index in [-0.39, 0.29) is 10.7 Å². The summed E-state index contributed by atoms with van der Waals surface area (Å²) in [7, 11) is 1.41. The number of H-pyrrole nitrogens is 1. The van der Waals surface area contributed by atoms with Crippen LogP contribution in [0.5, 0.6) is 5.75 Å². The molecule has 100 valence electrons. The van der Waals surface area contributed by atoms with Crippen molar-refractivity contribution in [3.63, 3.8) is 0 Å². The number of ether oxygens (including phenoxy) is 1. The monoisotopic (exact) mass is 282 g/mol. The van der Waals surface area contributed by atoms with Crippen molar-refractivity contribution in [3.8, 4) is 5.75 Å². The summed E-state index contributed by atoms with van der Waals surface area (Å²) >= 11 is 5.96. The molecule has 0 amide bonds. The first-order valence-corrected chi connectivity index (χ1v) is 5.89. The van der Waals surface area contributed by atoms with Gasteiger partial charge in [-0.05, 0) is 6.42 Å². The molecular weight excluding hydrogens is 272 g/mol. The first kappa shape index (κ1) is 13.4. The highest BCUT2D eigenvalue weighted by atomic mass is 35.5. The number of aryl methyl sites for hydroxylation is 1. The van der Waals surface area contributed by atoms with Gasteiger partial charge >= 0.3 is 5.97 Å². The summed E-state index contributed by atoms with van der Waals surface area (Å²) < 4.78 is 5.12. The van der Waals surface area contributed by atoms with Crippen molar-refractivity contribution < 1.29 is 19.4 Å². The number of hydrogen-bond donors (Lipinski definition) is 2. The number of aromatic amines is 1. The summed E-state index contributed by atoms with van der Waals surface area (Å²) in [4.78, 5) is 29.6. The van der Waals surface area contributed by atoms with Gasteiger partial charge in [-0.3, -0.25) is 4.79 Å². The number of methoxy groups -OCH3 is 1. The number of hydrogen-bond acceptors (Lipinski definition) is 4. The lowest BCUT2D eigenvalue weighted by atomic mass is 10.1. The summed E-state index contributed by atoms with van der Waals surface area (Å²) in [6, 6.07) is 0. The summed E-state index contributed by atoms with van der Waals surface area (Å²) in [6.07, 6.45) is 1.82. The molecule has 0 radical (unpaired) electrons. The number of aliphatic carboxylic acids is 1. The first-order valence-electron chi connectivity index (χ1n) is 5.51. The quantitative estimate of drug-likeness (QED) is 0.509. The standard InChI is InChI=1S/C12H11ClN2O4/c1-3-5-7(10(16)12(17)18)8-6(19-2)4-14-11(13)9(8)15-5/h4,15H,3H2,1-2H3,(H,17,18). The number of rotatable bonds is 4. The molecule has 7 heteroatoms. The number of nitrogens with zero attached hydrogens (tertiary/aromatic N) is 1. The Morgan fingerprint density at radius 1 is 1.53 bits per heavy atom. The molecular formula is C12H11ClN2O4. The minimum atomic E-state index is -1.52. The van der Waals surface area contributed by atoms with Crippen LogP contribution in [0.3, 0.4) is 0 Å². The Labute approximate surface area is 113 Å². The van der Waals surface area contributed by atoms with Crippen molar-refractivity contribution >= 4 is 34.3 Å². The average molecular weight is 283 g/mol. The van der Waals surface area contributed by atoms with E-state index in [1.54, 1.807) is 6.92 Å². The molecule has 0 aliphatic carbocycles. The van der Waals surface area contributed by atoms with Crippen molar-refractivity contribution in [2.75, 3.05) is 7.11 Å². The van der Waals surface area contributed by atoms with E-state index in [1.165, 1.54) is 13.3 Å². The molecule has 0 atom stereocenters. The number of halogens is 1. The number of nitrogens with one attached hydrogen (secondary N) is 1. The highest BCUT2D eigenvalue weighted by Gasteiger charge is 2.26. The Kier molecular flexibility index (Phi) is 3.44. The van der Waals surface area contributed by atoms with Crippen molar-refractivity contribution in [1.29, 1.82) is 0 Å². The number of ketones is 1. The van der Waals surface area contributed by atoms with Crippen LogP contribution in [-0.2, 0) is 11.2 Å². The van der Waals surface area contributed by atoms with Gasteiger partial charge in [0.2, 0.25) is 0 Å². The average Bonchev–Trinajstić information content (AvgIpc) is 2.78. The molecule has 6 nitrogen and oxygen atoms in total. The second-order valence-corrected chi connectivity index (χ2v) is 4.19. The molecule has 19 heavy (non-hydrogen) atoms. The van der Waals surface area contributed by atoms with Crippen LogP contribution in [0.1, 0.15) is 23.0 Å². The summed E-state index contributed by atoms with van der Waals surface area (Å²) in [5, 5.41) is 9.43.